The van der Waals surface area contributed by atoms with Crippen molar-refractivity contribution in [3.8, 4) is 0 Å². The molecule has 6 nitrogen and oxygen atoms in total. The third-order valence-corrected chi connectivity index (χ3v) is 4.08. The van der Waals surface area contributed by atoms with Gasteiger partial charge in [-0.1, -0.05) is 35.9 Å². The van der Waals surface area contributed by atoms with Gasteiger partial charge in [0.25, 0.3) is 0 Å². The van der Waals surface area contributed by atoms with Crippen molar-refractivity contribution in [3.63, 3.8) is 0 Å². The lowest BCUT2D eigenvalue weighted by Gasteiger charge is -2.12. The molecule has 0 saturated carbocycles. The second kappa shape index (κ2) is 8.51. The SMILES string of the molecule is CC(=O)Nc1cccc(Nc2cc(NCc3ccccc3Cl)nc(C)n2)c1. The van der Waals surface area contributed by atoms with Crippen LogP contribution in [0.25, 0.3) is 0 Å². The Kier molecular flexibility index (Phi) is 5.88. The van der Waals surface area contributed by atoms with Gasteiger partial charge in [-0.2, -0.15) is 0 Å². The molecule has 1 aromatic heterocycles. The van der Waals surface area contributed by atoms with E-state index in [2.05, 4.69) is 25.9 Å². The zero-order valence-electron chi connectivity index (χ0n) is 15.1. The number of aromatic nitrogens is 2. The molecule has 0 aliphatic heterocycles. The Labute approximate surface area is 163 Å². The van der Waals surface area contributed by atoms with Crippen molar-refractivity contribution in [2.75, 3.05) is 16.0 Å². The summed E-state index contributed by atoms with van der Waals surface area (Å²) in [6.07, 6.45) is 0. The van der Waals surface area contributed by atoms with Crippen LogP contribution in [-0.4, -0.2) is 15.9 Å². The molecule has 138 valence electrons. The smallest absolute Gasteiger partial charge is 0.221 e. The van der Waals surface area contributed by atoms with Crippen LogP contribution in [0.2, 0.25) is 5.02 Å². The van der Waals surface area contributed by atoms with Crippen molar-refractivity contribution < 1.29 is 4.79 Å². The highest BCUT2D eigenvalue weighted by molar-refractivity contribution is 6.31. The first kappa shape index (κ1) is 18.7. The number of halogens is 1. The maximum Gasteiger partial charge on any atom is 0.221 e. The fourth-order valence-electron chi connectivity index (χ4n) is 2.58. The lowest BCUT2D eigenvalue weighted by atomic mass is 10.2. The van der Waals surface area contributed by atoms with E-state index in [-0.39, 0.29) is 5.91 Å². The van der Waals surface area contributed by atoms with E-state index < -0.39 is 0 Å². The van der Waals surface area contributed by atoms with Gasteiger partial charge < -0.3 is 16.0 Å². The molecule has 0 aliphatic carbocycles. The maximum atomic E-state index is 11.2. The Bertz CT molecular complexity index is 961. The van der Waals surface area contributed by atoms with E-state index in [9.17, 15) is 4.79 Å². The first-order valence-corrected chi connectivity index (χ1v) is 8.85. The Morgan fingerprint density at radius 1 is 1.00 bits per heavy atom. The van der Waals surface area contributed by atoms with Gasteiger partial charge in [0.1, 0.15) is 17.5 Å². The summed E-state index contributed by atoms with van der Waals surface area (Å²) in [7, 11) is 0. The van der Waals surface area contributed by atoms with Crippen LogP contribution in [0, 0.1) is 6.92 Å². The number of rotatable bonds is 6. The van der Waals surface area contributed by atoms with Crippen molar-refractivity contribution in [1.29, 1.82) is 0 Å². The quantitative estimate of drug-likeness (QED) is 0.574. The highest BCUT2D eigenvalue weighted by Crippen LogP contribution is 2.22. The molecule has 0 fully saturated rings. The van der Waals surface area contributed by atoms with E-state index >= 15 is 0 Å². The highest BCUT2D eigenvalue weighted by Gasteiger charge is 2.05. The number of benzene rings is 2. The summed E-state index contributed by atoms with van der Waals surface area (Å²) in [5.74, 6) is 1.88. The lowest BCUT2D eigenvalue weighted by molar-refractivity contribution is -0.114. The number of amides is 1. The fraction of sp³-hybridized carbons (Fsp3) is 0.150. The van der Waals surface area contributed by atoms with Gasteiger partial charge >= 0.3 is 0 Å². The van der Waals surface area contributed by atoms with Crippen molar-refractivity contribution in [2.24, 2.45) is 0 Å². The van der Waals surface area contributed by atoms with Crippen LogP contribution in [-0.2, 0) is 11.3 Å². The zero-order chi connectivity index (χ0) is 19.2. The monoisotopic (exact) mass is 381 g/mol. The Hall–Kier alpha value is -3.12. The molecule has 3 rings (SSSR count). The first-order chi connectivity index (χ1) is 13.0. The molecule has 27 heavy (non-hydrogen) atoms. The topological polar surface area (TPSA) is 78.9 Å². The zero-order valence-corrected chi connectivity index (χ0v) is 15.8. The van der Waals surface area contributed by atoms with Crippen LogP contribution in [0.4, 0.5) is 23.0 Å². The number of carbonyl (C=O) groups excluding carboxylic acids is 1. The number of carbonyl (C=O) groups is 1. The predicted octanol–water partition coefficient (Wildman–Crippen LogP) is 4.75. The van der Waals surface area contributed by atoms with E-state index in [4.69, 9.17) is 11.6 Å². The first-order valence-electron chi connectivity index (χ1n) is 8.47. The summed E-state index contributed by atoms with van der Waals surface area (Å²) in [5.41, 5.74) is 2.53. The molecule has 0 saturated heterocycles. The molecule has 0 unspecified atom stereocenters. The summed E-state index contributed by atoms with van der Waals surface area (Å²) < 4.78 is 0. The molecule has 0 aliphatic rings. The number of hydrogen-bond donors (Lipinski definition) is 3. The Morgan fingerprint density at radius 3 is 2.52 bits per heavy atom. The molecule has 1 amide bonds. The van der Waals surface area contributed by atoms with Crippen molar-refractivity contribution in [2.45, 2.75) is 20.4 Å². The minimum Gasteiger partial charge on any atom is -0.366 e. The number of nitrogens with zero attached hydrogens (tertiary/aromatic N) is 2. The molecule has 7 heteroatoms. The molecule has 3 aromatic rings. The normalized spacial score (nSPS) is 10.3. The second-order valence-electron chi connectivity index (χ2n) is 6.02. The maximum absolute atomic E-state index is 11.2. The number of hydrogen-bond acceptors (Lipinski definition) is 5. The Balaban J connectivity index is 1.73. The van der Waals surface area contributed by atoms with E-state index in [1.54, 1.807) is 0 Å². The molecule has 0 atom stereocenters. The average molecular weight is 382 g/mol. The molecule has 3 N–H and O–H groups in total. The van der Waals surface area contributed by atoms with Gasteiger partial charge in [-0.05, 0) is 36.8 Å². The van der Waals surface area contributed by atoms with Gasteiger partial charge in [0, 0.05) is 35.9 Å². The fourth-order valence-corrected chi connectivity index (χ4v) is 2.78. The van der Waals surface area contributed by atoms with E-state index in [0.29, 0.717) is 29.0 Å². The standard InChI is InChI=1S/C20H20ClN5O/c1-13-23-19(22-12-15-6-3-4-9-18(15)21)11-20(24-13)26-17-8-5-7-16(10-17)25-14(2)27/h3-11H,12H2,1-2H3,(H,25,27)(H2,22,23,24,26). The molecule has 2 aromatic carbocycles. The van der Waals surface area contributed by atoms with Crippen LogP contribution < -0.4 is 16.0 Å². The average Bonchev–Trinajstić information content (AvgIpc) is 2.60. The van der Waals surface area contributed by atoms with Gasteiger partial charge in [0.2, 0.25) is 5.91 Å². The van der Waals surface area contributed by atoms with Crippen LogP contribution in [0.3, 0.4) is 0 Å². The van der Waals surface area contributed by atoms with Crippen LogP contribution in [0.1, 0.15) is 18.3 Å². The molecule has 1 heterocycles. The molecular formula is C20H20ClN5O. The predicted molar refractivity (Wildman–Crippen MR) is 110 cm³/mol. The van der Waals surface area contributed by atoms with Gasteiger partial charge in [0.15, 0.2) is 0 Å². The molecule has 0 bridgehead atoms. The minimum atomic E-state index is -0.115. The van der Waals surface area contributed by atoms with Gasteiger partial charge in [-0.3, -0.25) is 4.79 Å². The minimum absolute atomic E-state index is 0.115. The summed E-state index contributed by atoms with van der Waals surface area (Å²) in [6.45, 7) is 3.87. The number of aryl methyl sites for hydroxylation is 1. The van der Waals surface area contributed by atoms with Crippen LogP contribution in [0.5, 0.6) is 0 Å². The van der Waals surface area contributed by atoms with Gasteiger partial charge in [-0.15, -0.1) is 0 Å². The summed E-state index contributed by atoms with van der Waals surface area (Å²) in [6, 6.07) is 16.9. The highest BCUT2D eigenvalue weighted by atomic mass is 35.5. The van der Waals surface area contributed by atoms with E-state index in [0.717, 1.165) is 16.9 Å². The summed E-state index contributed by atoms with van der Waals surface area (Å²) in [4.78, 5) is 20.0. The van der Waals surface area contributed by atoms with Crippen molar-refractivity contribution in [3.05, 3.63) is 71.0 Å². The van der Waals surface area contributed by atoms with Gasteiger partial charge in [-0.25, -0.2) is 9.97 Å². The van der Waals surface area contributed by atoms with E-state index in [1.165, 1.54) is 6.92 Å². The Morgan fingerprint density at radius 2 is 1.74 bits per heavy atom. The third-order valence-electron chi connectivity index (χ3n) is 3.71. The molecule has 0 radical (unpaired) electrons. The molecular weight excluding hydrogens is 362 g/mol. The third kappa shape index (κ3) is 5.43. The number of nitrogens with one attached hydrogen (secondary N) is 3. The summed E-state index contributed by atoms with van der Waals surface area (Å²) in [5, 5.41) is 9.99. The summed E-state index contributed by atoms with van der Waals surface area (Å²) >= 11 is 6.20. The van der Waals surface area contributed by atoms with Crippen molar-refractivity contribution in [1.82, 2.24) is 9.97 Å². The largest absolute Gasteiger partial charge is 0.366 e. The lowest BCUT2D eigenvalue weighted by Crippen LogP contribution is -2.07. The van der Waals surface area contributed by atoms with Crippen LogP contribution in [0.15, 0.2) is 54.6 Å². The van der Waals surface area contributed by atoms with Crippen LogP contribution >= 0.6 is 11.6 Å². The van der Waals surface area contributed by atoms with E-state index in [1.807, 2.05) is 61.5 Å². The second-order valence-corrected chi connectivity index (χ2v) is 6.42. The molecule has 0 spiro atoms. The van der Waals surface area contributed by atoms with Gasteiger partial charge in [0.05, 0.1) is 0 Å². The van der Waals surface area contributed by atoms with Crippen molar-refractivity contribution >= 4 is 40.5 Å². The number of anilines is 4.